The zero-order valence-electron chi connectivity index (χ0n) is 15.8. The zero-order valence-corrected chi connectivity index (χ0v) is 19.6. The van der Waals surface area contributed by atoms with E-state index in [-0.39, 0.29) is 11.0 Å². The fourth-order valence-corrected chi connectivity index (χ4v) is 3.27. The van der Waals surface area contributed by atoms with Crippen molar-refractivity contribution in [1.29, 1.82) is 0 Å². The summed E-state index contributed by atoms with van der Waals surface area (Å²) in [7, 11) is 1.31. The van der Waals surface area contributed by atoms with Crippen LogP contribution in [0.15, 0.2) is 45.7 Å². The Hall–Kier alpha value is -2.17. The second kappa shape index (κ2) is 9.13. The molecular formula is C18H12Cl4N4O4S. The van der Waals surface area contributed by atoms with E-state index < -0.39 is 14.7 Å². The number of hydrogen-bond donors (Lipinski definition) is 0. The molecule has 0 aliphatic rings. The van der Waals surface area contributed by atoms with Crippen molar-refractivity contribution in [1.82, 2.24) is 19.7 Å². The van der Waals surface area contributed by atoms with Gasteiger partial charge in [0.25, 0.3) is 0 Å². The predicted octanol–water partition coefficient (Wildman–Crippen LogP) is 4.89. The highest BCUT2D eigenvalue weighted by molar-refractivity contribution is 8.13. The van der Waals surface area contributed by atoms with Crippen molar-refractivity contribution in [3.63, 3.8) is 0 Å². The molecule has 4 aromatic rings. The Labute approximate surface area is 195 Å². The van der Waals surface area contributed by atoms with Gasteiger partial charge in [-0.3, -0.25) is 0 Å². The molecule has 0 N–H and O–H groups in total. The van der Waals surface area contributed by atoms with E-state index in [9.17, 15) is 13.2 Å². The van der Waals surface area contributed by atoms with Gasteiger partial charge in [0.15, 0.2) is 11.0 Å². The van der Waals surface area contributed by atoms with E-state index in [0.29, 0.717) is 32.5 Å². The van der Waals surface area contributed by atoms with Gasteiger partial charge in [0.2, 0.25) is 14.9 Å². The van der Waals surface area contributed by atoms with Gasteiger partial charge < -0.3 is 4.42 Å². The van der Waals surface area contributed by atoms with E-state index in [1.807, 2.05) is 6.92 Å². The van der Waals surface area contributed by atoms with Gasteiger partial charge in [-0.2, -0.15) is 5.10 Å². The normalized spacial score (nSPS) is 11.3. The average Bonchev–Trinajstić information content (AvgIpc) is 3.03. The van der Waals surface area contributed by atoms with Crippen molar-refractivity contribution in [2.75, 3.05) is 6.26 Å². The first kappa shape index (κ1) is 23.5. The lowest BCUT2D eigenvalue weighted by atomic mass is 10.1. The number of aryl methyl sites for hydroxylation is 1. The second-order valence-electron chi connectivity index (χ2n) is 6.18. The van der Waals surface area contributed by atoms with Gasteiger partial charge in [-0.05, 0) is 36.8 Å². The molecule has 0 atom stereocenters. The average molecular weight is 522 g/mol. The number of rotatable bonds is 2. The van der Waals surface area contributed by atoms with E-state index in [1.54, 1.807) is 24.4 Å². The molecule has 8 nitrogen and oxygen atoms in total. The van der Waals surface area contributed by atoms with Gasteiger partial charge in [0.05, 0.1) is 22.2 Å². The fraction of sp³-hybridized carbons (Fsp3) is 0.111. The summed E-state index contributed by atoms with van der Waals surface area (Å²) >= 11 is 18.3. The Balaban J connectivity index is 0.000000491. The topological polar surface area (TPSA) is 108 Å². The second-order valence-corrected chi connectivity index (χ2v) is 10.5. The molecule has 0 radical (unpaired) electrons. The molecule has 162 valence electrons. The largest absolute Gasteiger partial charge is 0.401 e. The van der Waals surface area contributed by atoms with Crippen LogP contribution in [0.25, 0.3) is 28.3 Å². The molecule has 0 amide bonds. The van der Waals surface area contributed by atoms with Crippen LogP contribution in [0, 0.1) is 6.92 Å². The van der Waals surface area contributed by atoms with Crippen LogP contribution in [0.5, 0.6) is 0 Å². The molecule has 3 aromatic heterocycles. The van der Waals surface area contributed by atoms with Gasteiger partial charge in [0, 0.05) is 28.0 Å². The van der Waals surface area contributed by atoms with Gasteiger partial charge >= 0.3 is 5.63 Å². The monoisotopic (exact) mass is 520 g/mol. The first-order valence-electron chi connectivity index (χ1n) is 8.31. The molecule has 31 heavy (non-hydrogen) atoms. The van der Waals surface area contributed by atoms with Crippen LogP contribution in [0.4, 0.5) is 0 Å². The lowest BCUT2D eigenvalue weighted by Crippen LogP contribution is -2.08. The summed E-state index contributed by atoms with van der Waals surface area (Å²) in [5.74, 6) is 0.391. The number of halogens is 4. The Morgan fingerprint density at radius 1 is 1.13 bits per heavy atom. The summed E-state index contributed by atoms with van der Waals surface area (Å²) in [4.78, 5) is 21.1. The Kier molecular flexibility index (Phi) is 6.92. The maximum Gasteiger partial charge on any atom is 0.347 e. The third-order valence-electron chi connectivity index (χ3n) is 3.73. The molecule has 0 unspecified atom stereocenters. The Morgan fingerprint density at radius 2 is 1.81 bits per heavy atom. The van der Waals surface area contributed by atoms with Crippen molar-refractivity contribution in [2.24, 2.45) is 0 Å². The molecule has 0 aliphatic heterocycles. The minimum absolute atomic E-state index is 0.0500. The molecule has 0 saturated heterocycles. The minimum atomic E-state index is -3.19. The molecule has 0 saturated carbocycles. The number of benzene rings is 1. The maximum atomic E-state index is 12.4. The summed E-state index contributed by atoms with van der Waals surface area (Å²) < 4.78 is 25.6. The van der Waals surface area contributed by atoms with Gasteiger partial charge in [-0.1, -0.05) is 34.8 Å². The number of pyridine rings is 1. The van der Waals surface area contributed by atoms with Gasteiger partial charge in [-0.25, -0.2) is 27.9 Å². The van der Waals surface area contributed by atoms with Crippen LogP contribution < -0.4 is 5.63 Å². The highest BCUT2D eigenvalue weighted by atomic mass is 35.7. The van der Waals surface area contributed by atoms with E-state index in [1.165, 1.54) is 16.8 Å². The van der Waals surface area contributed by atoms with Gasteiger partial charge in [0.1, 0.15) is 5.69 Å². The number of fused-ring (bicyclic) bond motifs is 1. The lowest BCUT2D eigenvalue weighted by Gasteiger charge is -2.08. The van der Waals surface area contributed by atoms with Crippen molar-refractivity contribution in [2.45, 2.75) is 6.92 Å². The minimum Gasteiger partial charge on any atom is -0.401 e. The van der Waals surface area contributed by atoms with Crippen molar-refractivity contribution in [3.8, 4) is 17.4 Å². The fourth-order valence-electron chi connectivity index (χ4n) is 2.62. The standard InChI is InChI=1S/C17H9Cl3N4O2.CH3ClO2S/c1-8-5-9(18)6-10-14(8)22-16(26-17(10)25)12-7-13(20)23-24(12)15-11(19)3-2-4-21-15;1-5(2,3)4/h2-7H,1H3;1H3. The van der Waals surface area contributed by atoms with Crippen molar-refractivity contribution >= 4 is 65.4 Å². The number of nitrogens with zero attached hydrogens (tertiary/aromatic N) is 4. The molecular weight excluding hydrogens is 510 g/mol. The summed E-state index contributed by atoms with van der Waals surface area (Å²) in [5.41, 5.74) is 1.02. The summed E-state index contributed by atoms with van der Waals surface area (Å²) in [6, 6.07) is 8.12. The zero-order chi connectivity index (χ0) is 22.9. The summed E-state index contributed by atoms with van der Waals surface area (Å²) in [6.07, 6.45) is 2.49. The first-order valence-corrected chi connectivity index (χ1v) is 12.2. The van der Waals surface area contributed by atoms with Crippen LogP contribution >= 0.6 is 45.5 Å². The molecule has 0 aliphatic carbocycles. The van der Waals surface area contributed by atoms with Crippen LogP contribution in [0.3, 0.4) is 0 Å². The van der Waals surface area contributed by atoms with Gasteiger partial charge in [-0.15, -0.1) is 0 Å². The highest BCUT2D eigenvalue weighted by Crippen LogP contribution is 2.28. The highest BCUT2D eigenvalue weighted by Gasteiger charge is 2.19. The van der Waals surface area contributed by atoms with E-state index >= 15 is 0 Å². The molecule has 0 fully saturated rings. The van der Waals surface area contributed by atoms with Crippen LogP contribution in [-0.4, -0.2) is 34.4 Å². The van der Waals surface area contributed by atoms with Crippen LogP contribution in [0.1, 0.15) is 5.56 Å². The maximum absolute atomic E-state index is 12.4. The summed E-state index contributed by atoms with van der Waals surface area (Å²) in [6.45, 7) is 1.81. The molecule has 4 rings (SSSR count). The number of aromatic nitrogens is 4. The molecule has 3 heterocycles. The van der Waals surface area contributed by atoms with E-state index in [0.717, 1.165) is 11.8 Å². The smallest absolute Gasteiger partial charge is 0.347 e. The number of hydrogen-bond acceptors (Lipinski definition) is 7. The predicted molar refractivity (Wildman–Crippen MR) is 121 cm³/mol. The van der Waals surface area contributed by atoms with Crippen molar-refractivity contribution < 1.29 is 12.8 Å². The van der Waals surface area contributed by atoms with Crippen LogP contribution in [-0.2, 0) is 9.05 Å². The van der Waals surface area contributed by atoms with Crippen LogP contribution in [0.2, 0.25) is 15.2 Å². The first-order chi connectivity index (χ1) is 14.4. The third-order valence-corrected chi connectivity index (χ3v) is 4.42. The molecule has 1 aromatic carbocycles. The summed E-state index contributed by atoms with van der Waals surface area (Å²) in [5, 5.41) is 5.45. The quantitative estimate of drug-likeness (QED) is 0.345. The lowest BCUT2D eigenvalue weighted by molar-refractivity contribution is 0.513. The SMILES string of the molecule is CS(=O)(=O)Cl.Cc1cc(Cl)cc2c(=O)oc(-c3cc(Cl)nn3-c3ncccc3Cl)nc12. The molecule has 0 bridgehead atoms. The van der Waals surface area contributed by atoms with E-state index in [4.69, 9.17) is 39.2 Å². The Morgan fingerprint density at radius 3 is 2.45 bits per heavy atom. The van der Waals surface area contributed by atoms with Crippen molar-refractivity contribution in [3.05, 3.63) is 67.7 Å². The molecule has 0 spiro atoms. The van der Waals surface area contributed by atoms with E-state index in [2.05, 4.69) is 25.7 Å². The molecule has 13 heteroatoms. The third kappa shape index (κ3) is 5.75. The Bertz CT molecular complexity index is 1440.